The molecule has 1 aromatic rings. The van der Waals surface area contributed by atoms with E-state index in [4.69, 9.17) is 9.15 Å². The van der Waals surface area contributed by atoms with E-state index in [1.54, 1.807) is 0 Å². The predicted octanol–water partition coefficient (Wildman–Crippen LogP) is 3.82. The van der Waals surface area contributed by atoms with Crippen LogP contribution in [-0.2, 0) is 4.74 Å². The van der Waals surface area contributed by atoms with Crippen LogP contribution in [0, 0.1) is 40.7 Å². The fourth-order valence-electron chi connectivity index (χ4n) is 8.41. The molecule has 4 aliphatic carbocycles. The Morgan fingerprint density at radius 1 is 1.10 bits per heavy atom. The van der Waals surface area contributed by atoms with Crippen LogP contribution < -0.4 is 5.63 Å². The maximum atomic E-state index is 12.2. The Morgan fingerprint density at radius 3 is 2.67 bits per heavy atom. The minimum Gasteiger partial charge on any atom is -0.424 e. The third kappa shape index (κ3) is 2.76. The predicted molar refractivity (Wildman–Crippen MR) is 111 cm³/mol. The van der Waals surface area contributed by atoms with Crippen LogP contribution >= 0.6 is 0 Å². The summed E-state index contributed by atoms with van der Waals surface area (Å²) < 4.78 is 10.7. The van der Waals surface area contributed by atoms with Crippen LogP contribution in [-0.4, -0.2) is 28.7 Å². The monoisotopic (exact) mass is 414 g/mol. The van der Waals surface area contributed by atoms with Gasteiger partial charge in [-0.1, -0.05) is 19.9 Å². The van der Waals surface area contributed by atoms with Crippen molar-refractivity contribution in [1.29, 1.82) is 0 Å². The van der Waals surface area contributed by atoms with Gasteiger partial charge in [-0.3, -0.25) is 0 Å². The number of aliphatic hydroxyl groups excluding tert-OH is 1. The summed E-state index contributed by atoms with van der Waals surface area (Å²) in [5.74, 6) is 1.62. The molecule has 0 saturated heterocycles. The molecule has 0 amide bonds. The number of rotatable bonds is 3. The maximum absolute atomic E-state index is 12.2. The average Bonchev–Trinajstić information content (AvgIpc) is 3.01. The third-order valence-corrected chi connectivity index (χ3v) is 10.1. The van der Waals surface area contributed by atoms with Crippen molar-refractivity contribution in [3.05, 3.63) is 34.4 Å². The van der Waals surface area contributed by atoms with Gasteiger partial charge in [0.1, 0.15) is 13.1 Å². The molecule has 0 spiro atoms. The summed E-state index contributed by atoms with van der Waals surface area (Å²) in [6.45, 7) is 4.52. The van der Waals surface area contributed by atoms with Crippen LogP contribution in [0.5, 0.6) is 0 Å². The lowest BCUT2D eigenvalue weighted by molar-refractivity contribution is -0.209. The number of fused-ring (bicyclic) bond motifs is 5. The molecule has 5 rings (SSSR count). The fraction of sp³-hybridized carbons (Fsp3) is 0.800. The molecule has 2 N–H and O–H groups in total. The van der Waals surface area contributed by atoms with Gasteiger partial charge in [-0.2, -0.15) is 0 Å². The zero-order valence-electron chi connectivity index (χ0n) is 18.2. The van der Waals surface area contributed by atoms with Crippen LogP contribution in [0.3, 0.4) is 0 Å². The smallest absolute Gasteiger partial charge is 0.389 e. The molecule has 0 radical (unpaired) electrons. The molecular formula is C25H34O5. The van der Waals surface area contributed by atoms with E-state index < -0.39 is 11.2 Å². The van der Waals surface area contributed by atoms with Gasteiger partial charge in [-0.05, 0) is 81.0 Å². The van der Waals surface area contributed by atoms with Gasteiger partial charge in [-0.15, -0.1) is 0 Å². The highest BCUT2D eigenvalue weighted by molar-refractivity contribution is 5.25. The first-order valence-electron chi connectivity index (χ1n) is 11.7. The zero-order valence-corrected chi connectivity index (χ0v) is 18.2. The van der Waals surface area contributed by atoms with E-state index in [2.05, 4.69) is 26.0 Å². The molecule has 1 aromatic heterocycles. The first kappa shape index (κ1) is 20.5. The second-order valence-corrected chi connectivity index (χ2v) is 10.9. The highest BCUT2D eigenvalue weighted by atomic mass is 16.6. The Bertz CT molecular complexity index is 830. The summed E-state index contributed by atoms with van der Waals surface area (Å²) in [6, 6.07) is 5.58. The summed E-state index contributed by atoms with van der Waals surface area (Å²) in [5.41, 5.74) is -0.274. The van der Waals surface area contributed by atoms with Gasteiger partial charge in [0.15, 0.2) is 0 Å². The van der Waals surface area contributed by atoms with Gasteiger partial charge in [0.25, 0.3) is 0 Å². The quantitative estimate of drug-likeness (QED) is 0.735. The number of ether oxygens (including phenoxy) is 1. The van der Waals surface area contributed by atoms with Crippen LogP contribution in [0.4, 0.5) is 0 Å². The van der Waals surface area contributed by atoms with Gasteiger partial charge >= 0.3 is 5.63 Å². The van der Waals surface area contributed by atoms with Crippen molar-refractivity contribution in [3.8, 4) is 0 Å². The Balaban J connectivity index is 1.43. The van der Waals surface area contributed by atoms with E-state index in [-0.39, 0.29) is 29.6 Å². The molecule has 0 bridgehead atoms. The van der Waals surface area contributed by atoms with Crippen LogP contribution in [0.1, 0.15) is 83.1 Å². The van der Waals surface area contributed by atoms with Crippen molar-refractivity contribution < 1.29 is 19.4 Å². The van der Waals surface area contributed by atoms with E-state index >= 15 is 0 Å². The third-order valence-electron chi connectivity index (χ3n) is 10.1. The van der Waals surface area contributed by atoms with Crippen molar-refractivity contribution in [2.45, 2.75) is 89.3 Å². The number of hydrogen-bond donors (Lipinski definition) is 2. The lowest BCUT2D eigenvalue weighted by atomic mass is 9.43. The van der Waals surface area contributed by atoms with Gasteiger partial charge in [-0.25, -0.2) is 4.79 Å². The summed E-state index contributed by atoms with van der Waals surface area (Å²) in [6.07, 6.45) is 10.9. The van der Waals surface area contributed by atoms with E-state index in [9.17, 15) is 15.0 Å². The summed E-state index contributed by atoms with van der Waals surface area (Å²) in [7, 11) is 0. The highest BCUT2D eigenvalue weighted by Gasteiger charge is 2.67. The van der Waals surface area contributed by atoms with Crippen molar-refractivity contribution in [2.75, 3.05) is 6.79 Å². The van der Waals surface area contributed by atoms with Gasteiger partial charge in [0, 0.05) is 23.0 Å². The molecule has 0 aliphatic heterocycles. The van der Waals surface area contributed by atoms with E-state index in [0.29, 0.717) is 17.8 Å². The Hall–Kier alpha value is -1.35. The van der Waals surface area contributed by atoms with Gasteiger partial charge < -0.3 is 19.4 Å². The molecule has 8 atom stereocenters. The summed E-state index contributed by atoms with van der Waals surface area (Å²) >= 11 is 0. The lowest BCUT2D eigenvalue weighted by Gasteiger charge is -2.63. The van der Waals surface area contributed by atoms with Crippen LogP contribution in [0.2, 0.25) is 0 Å². The second kappa shape index (κ2) is 7.08. The van der Waals surface area contributed by atoms with E-state index in [0.717, 1.165) is 63.4 Å². The van der Waals surface area contributed by atoms with Crippen molar-refractivity contribution in [3.63, 3.8) is 0 Å². The number of hydrogen-bond acceptors (Lipinski definition) is 5. The normalized spacial score (nSPS) is 47.7. The SMILES string of the molecule is C[C@]12CC[C@H](OCO)C[C@H]1CC[C@@H]1[C@@H]2CC[C@]2(C)[C@@H](c3c#cc(=O)oc3)CC[C@]12O. The Morgan fingerprint density at radius 2 is 1.93 bits per heavy atom. The molecule has 4 saturated carbocycles. The molecular weight excluding hydrogens is 380 g/mol. The topological polar surface area (TPSA) is 79.9 Å². The lowest BCUT2D eigenvalue weighted by Crippen LogP contribution is -2.62. The van der Waals surface area contributed by atoms with E-state index in [1.807, 2.05) is 0 Å². The van der Waals surface area contributed by atoms with Crippen molar-refractivity contribution >= 4 is 0 Å². The maximum Gasteiger partial charge on any atom is 0.389 e. The molecule has 164 valence electrons. The van der Waals surface area contributed by atoms with Crippen LogP contribution in [0.15, 0.2) is 15.5 Å². The van der Waals surface area contributed by atoms with Crippen molar-refractivity contribution in [1.82, 2.24) is 0 Å². The molecule has 30 heavy (non-hydrogen) atoms. The van der Waals surface area contributed by atoms with E-state index in [1.165, 1.54) is 6.26 Å². The molecule has 1 heterocycles. The minimum atomic E-state index is -0.684. The summed E-state index contributed by atoms with van der Waals surface area (Å²) in [4.78, 5) is 11.4. The molecule has 0 aromatic carbocycles. The Kier molecular flexibility index (Phi) is 4.85. The standard InChI is InChI=1S/C25H34O5/c1-23-10-7-18(30-15-26)13-17(23)4-5-21-20(23)8-11-24(2)19(9-12-25(21,24)28)16-3-6-22(27)29-14-16/h14,17-21,26,28H,4-5,7-13,15H2,1-2H3/t17-,18+,19-,20+,21-,23+,24-,25+/m1/s1. The van der Waals surface area contributed by atoms with Gasteiger partial charge in [0.2, 0.25) is 0 Å². The van der Waals surface area contributed by atoms with Gasteiger partial charge in [0.05, 0.1) is 11.7 Å². The summed E-state index contributed by atoms with van der Waals surface area (Å²) in [5, 5.41) is 21.4. The highest BCUT2D eigenvalue weighted by Crippen LogP contribution is 2.70. The first-order chi connectivity index (χ1) is 14.3. The molecule has 5 nitrogen and oxygen atoms in total. The Labute approximate surface area is 178 Å². The van der Waals surface area contributed by atoms with Crippen molar-refractivity contribution in [2.24, 2.45) is 28.6 Å². The number of aliphatic hydroxyl groups is 2. The van der Waals surface area contributed by atoms with Crippen LogP contribution in [0.25, 0.3) is 0 Å². The largest absolute Gasteiger partial charge is 0.424 e. The second-order valence-electron chi connectivity index (χ2n) is 10.9. The average molecular weight is 415 g/mol. The molecule has 4 aliphatic rings. The molecule has 4 fully saturated rings. The zero-order chi connectivity index (χ0) is 21.1. The first-order valence-corrected chi connectivity index (χ1v) is 11.7. The molecule has 0 unspecified atom stereocenters. The fourth-order valence-corrected chi connectivity index (χ4v) is 8.41. The minimum absolute atomic E-state index is 0.156. The molecule has 5 heteroatoms.